The van der Waals surface area contributed by atoms with Gasteiger partial charge in [-0.3, -0.25) is 0 Å². The van der Waals surface area contributed by atoms with Crippen molar-refractivity contribution in [3.8, 4) is 0 Å². The highest BCUT2D eigenvalue weighted by atomic mass is 35.5. The minimum absolute atomic E-state index is 0.314. The molecule has 0 spiro atoms. The smallest absolute Gasteiger partial charge is 0.0512 e. The van der Waals surface area contributed by atoms with Crippen LogP contribution in [0.3, 0.4) is 0 Å². The Bertz CT molecular complexity index is 350. The Kier molecular flexibility index (Phi) is 4.84. The molecule has 0 saturated carbocycles. The van der Waals surface area contributed by atoms with Crippen LogP contribution in [0.15, 0.2) is 24.3 Å². The molecule has 0 bridgehead atoms. The summed E-state index contributed by atoms with van der Waals surface area (Å²) in [5.41, 5.74) is 1.20. The van der Waals surface area contributed by atoms with Crippen molar-refractivity contribution in [1.29, 1.82) is 0 Å². The zero-order valence-corrected chi connectivity index (χ0v) is 11.0. The molecule has 94 valence electrons. The summed E-state index contributed by atoms with van der Waals surface area (Å²) in [4.78, 5) is 0. The van der Waals surface area contributed by atoms with Gasteiger partial charge in [0.15, 0.2) is 0 Å². The lowest BCUT2D eigenvalue weighted by Gasteiger charge is -2.31. The van der Waals surface area contributed by atoms with Crippen LogP contribution >= 0.6 is 11.6 Å². The fourth-order valence-electron chi connectivity index (χ4n) is 2.51. The monoisotopic (exact) mass is 253 g/mol. The Morgan fingerprint density at radius 2 is 2.29 bits per heavy atom. The van der Waals surface area contributed by atoms with Gasteiger partial charge in [-0.2, -0.15) is 0 Å². The van der Waals surface area contributed by atoms with E-state index in [-0.39, 0.29) is 0 Å². The first-order valence-electron chi connectivity index (χ1n) is 6.38. The molecule has 1 aliphatic rings. The largest absolute Gasteiger partial charge is 0.381 e. The number of halogens is 1. The molecule has 0 radical (unpaired) electrons. The molecule has 1 aliphatic heterocycles. The fraction of sp³-hybridized carbons (Fsp3) is 0.571. The molecule has 1 aromatic rings. The van der Waals surface area contributed by atoms with Crippen LogP contribution in [0.1, 0.15) is 31.4 Å². The normalized spacial score (nSPS) is 22.4. The van der Waals surface area contributed by atoms with Gasteiger partial charge in [-0.1, -0.05) is 36.7 Å². The first-order chi connectivity index (χ1) is 8.33. The van der Waals surface area contributed by atoms with Crippen molar-refractivity contribution in [3.05, 3.63) is 34.9 Å². The van der Waals surface area contributed by atoms with E-state index < -0.39 is 0 Å². The number of benzene rings is 1. The molecule has 3 heteroatoms. The summed E-state index contributed by atoms with van der Waals surface area (Å²) in [5.74, 6) is 0.531. The van der Waals surface area contributed by atoms with Crippen molar-refractivity contribution < 1.29 is 4.74 Å². The molecule has 2 nitrogen and oxygen atoms in total. The van der Waals surface area contributed by atoms with Crippen LogP contribution in [-0.2, 0) is 4.74 Å². The van der Waals surface area contributed by atoms with Crippen molar-refractivity contribution >= 4 is 11.6 Å². The number of ether oxygens (including phenoxy) is 1. The van der Waals surface area contributed by atoms with Crippen LogP contribution in [0.5, 0.6) is 0 Å². The van der Waals surface area contributed by atoms with Gasteiger partial charge in [-0.05, 0) is 31.0 Å². The standard InChI is InChI=1S/C14H20ClNO/c1-2-16-14(11-6-5-9-17-10-11)12-7-3-4-8-13(12)15/h3-4,7-8,11,14,16H,2,5-6,9-10H2,1H3. The third kappa shape index (κ3) is 3.21. The van der Waals surface area contributed by atoms with Gasteiger partial charge in [-0.25, -0.2) is 0 Å². The lowest BCUT2D eigenvalue weighted by Crippen LogP contribution is -2.33. The molecule has 1 aromatic carbocycles. The van der Waals surface area contributed by atoms with Gasteiger partial charge in [0, 0.05) is 23.6 Å². The average molecular weight is 254 g/mol. The molecule has 2 unspecified atom stereocenters. The number of rotatable bonds is 4. The van der Waals surface area contributed by atoms with Gasteiger partial charge in [0.1, 0.15) is 0 Å². The van der Waals surface area contributed by atoms with E-state index in [1.54, 1.807) is 0 Å². The van der Waals surface area contributed by atoms with Crippen molar-refractivity contribution in [2.45, 2.75) is 25.8 Å². The second kappa shape index (κ2) is 6.39. The maximum absolute atomic E-state index is 6.29. The van der Waals surface area contributed by atoms with Gasteiger partial charge in [0.05, 0.1) is 6.61 Å². The average Bonchev–Trinajstić information content (AvgIpc) is 2.38. The van der Waals surface area contributed by atoms with Crippen molar-refractivity contribution in [2.24, 2.45) is 5.92 Å². The minimum Gasteiger partial charge on any atom is -0.381 e. The molecule has 1 fully saturated rings. The van der Waals surface area contributed by atoms with Gasteiger partial charge >= 0.3 is 0 Å². The molecule has 2 rings (SSSR count). The third-order valence-electron chi connectivity index (χ3n) is 3.33. The first-order valence-corrected chi connectivity index (χ1v) is 6.76. The Morgan fingerprint density at radius 1 is 1.47 bits per heavy atom. The van der Waals surface area contributed by atoms with Gasteiger partial charge in [0.25, 0.3) is 0 Å². The molecule has 1 N–H and O–H groups in total. The summed E-state index contributed by atoms with van der Waals surface area (Å²) < 4.78 is 5.59. The highest BCUT2D eigenvalue weighted by Crippen LogP contribution is 2.32. The molecular weight excluding hydrogens is 234 g/mol. The zero-order chi connectivity index (χ0) is 12.1. The van der Waals surface area contributed by atoms with E-state index in [2.05, 4.69) is 24.4 Å². The summed E-state index contributed by atoms with van der Waals surface area (Å²) in [5, 5.41) is 4.40. The first kappa shape index (κ1) is 12.9. The van der Waals surface area contributed by atoms with Gasteiger partial charge in [-0.15, -0.1) is 0 Å². The summed E-state index contributed by atoms with van der Waals surface area (Å²) in [6, 6.07) is 8.42. The summed E-state index contributed by atoms with van der Waals surface area (Å²) in [6.45, 7) is 4.82. The predicted octanol–water partition coefficient (Wildman–Crippen LogP) is 3.42. The van der Waals surface area contributed by atoms with E-state index in [0.29, 0.717) is 12.0 Å². The second-order valence-electron chi connectivity index (χ2n) is 4.53. The zero-order valence-electron chi connectivity index (χ0n) is 10.3. The SMILES string of the molecule is CCNC(c1ccccc1Cl)C1CCCOC1. The Labute approximate surface area is 108 Å². The lowest BCUT2D eigenvalue weighted by molar-refractivity contribution is 0.0393. The highest BCUT2D eigenvalue weighted by molar-refractivity contribution is 6.31. The minimum atomic E-state index is 0.314. The van der Waals surface area contributed by atoms with E-state index in [4.69, 9.17) is 16.3 Å². The Hall–Kier alpha value is -0.570. The number of hydrogen-bond acceptors (Lipinski definition) is 2. The number of hydrogen-bond donors (Lipinski definition) is 1. The van der Waals surface area contributed by atoms with Crippen molar-refractivity contribution in [2.75, 3.05) is 19.8 Å². The second-order valence-corrected chi connectivity index (χ2v) is 4.94. The topological polar surface area (TPSA) is 21.3 Å². The van der Waals surface area contributed by atoms with Crippen LogP contribution < -0.4 is 5.32 Å². The summed E-state index contributed by atoms with van der Waals surface area (Å²) in [7, 11) is 0. The van der Waals surface area contributed by atoms with Crippen LogP contribution in [0, 0.1) is 5.92 Å². The molecule has 0 aliphatic carbocycles. The summed E-state index contributed by atoms with van der Waals surface area (Å²) in [6.07, 6.45) is 2.36. The number of nitrogens with one attached hydrogen (secondary N) is 1. The maximum atomic E-state index is 6.29. The lowest BCUT2D eigenvalue weighted by atomic mass is 9.88. The Morgan fingerprint density at radius 3 is 2.94 bits per heavy atom. The van der Waals surface area contributed by atoms with Gasteiger partial charge < -0.3 is 10.1 Å². The third-order valence-corrected chi connectivity index (χ3v) is 3.68. The van der Waals surface area contributed by atoms with E-state index in [9.17, 15) is 0 Å². The van der Waals surface area contributed by atoms with E-state index in [1.165, 1.54) is 12.0 Å². The maximum Gasteiger partial charge on any atom is 0.0512 e. The van der Waals surface area contributed by atoms with Crippen LogP contribution in [0.25, 0.3) is 0 Å². The highest BCUT2D eigenvalue weighted by Gasteiger charge is 2.26. The molecule has 17 heavy (non-hydrogen) atoms. The molecule has 1 saturated heterocycles. The van der Waals surface area contributed by atoms with E-state index >= 15 is 0 Å². The quantitative estimate of drug-likeness (QED) is 0.888. The molecule has 0 amide bonds. The predicted molar refractivity (Wildman–Crippen MR) is 71.4 cm³/mol. The van der Waals surface area contributed by atoms with Crippen LogP contribution in [-0.4, -0.2) is 19.8 Å². The fourth-order valence-corrected chi connectivity index (χ4v) is 2.76. The molecule has 1 heterocycles. The van der Waals surface area contributed by atoms with Crippen molar-refractivity contribution in [1.82, 2.24) is 5.32 Å². The van der Waals surface area contributed by atoms with Crippen LogP contribution in [0.2, 0.25) is 5.02 Å². The molecule has 0 aromatic heterocycles. The van der Waals surface area contributed by atoms with E-state index in [1.807, 2.05) is 12.1 Å². The van der Waals surface area contributed by atoms with Crippen LogP contribution in [0.4, 0.5) is 0 Å². The molecule has 2 atom stereocenters. The van der Waals surface area contributed by atoms with Crippen molar-refractivity contribution in [3.63, 3.8) is 0 Å². The Balaban J connectivity index is 2.18. The van der Waals surface area contributed by atoms with Gasteiger partial charge in [0.2, 0.25) is 0 Å². The molecular formula is C14H20ClNO. The van der Waals surface area contributed by atoms with E-state index in [0.717, 1.165) is 31.2 Å². The summed E-state index contributed by atoms with van der Waals surface area (Å²) >= 11 is 6.29.